The lowest BCUT2D eigenvalue weighted by molar-refractivity contribution is -0.126. The molecule has 1 atom stereocenters. The second-order valence-corrected chi connectivity index (χ2v) is 12.5. The van der Waals surface area contributed by atoms with Gasteiger partial charge in [-0.1, -0.05) is 35.9 Å². The Labute approximate surface area is 252 Å². The number of nitriles is 1. The van der Waals surface area contributed by atoms with Gasteiger partial charge in [0.05, 0.1) is 24.3 Å². The highest BCUT2D eigenvalue weighted by Gasteiger charge is 2.45. The molecule has 7 nitrogen and oxygen atoms in total. The molecule has 1 aliphatic heterocycles. The number of hydrogen-bond donors (Lipinski definition) is 1. The summed E-state index contributed by atoms with van der Waals surface area (Å²) in [5.41, 5.74) is 3.13. The van der Waals surface area contributed by atoms with Crippen molar-refractivity contribution in [2.75, 3.05) is 13.1 Å². The van der Waals surface area contributed by atoms with Crippen LogP contribution in [0.3, 0.4) is 0 Å². The quantitative estimate of drug-likeness (QED) is 0.341. The Bertz CT molecular complexity index is 1360. The zero-order valence-corrected chi connectivity index (χ0v) is 24.8. The molecule has 228 valence electrons. The van der Waals surface area contributed by atoms with E-state index >= 15 is 0 Å². The largest absolute Gasteiger partial charge is 0.441 e. The maximum Gasteiger partial charge on any atom is 0.410 e. The van der Waals surface area contributed by atoms with Gasteiger partial charge in [0.15, 0.2) is 0 Å². The van der Waals surface area contributed by atoms with E-state index in [9.17, 15) is 18.4 Å². The predicted octanol–water partition coefficient (Wildman–Crippen LogP) is 6.81. The summed E-state index contributed by atoms with van der Waals surface area (Å²) in [4.78, 5) is 31.7. The number of nitrogens with zero attached hydrogens (tertiary/aromatic N) is 3. The predicted molar refractivity (Wildman–Crippen MR) is 158 cm³/mol. The van der Waals surface area contributed by atoms with Gasteiger partial charge in [0.1, 0.15) is 11.7 Å². The number of amides is 2. The highest BCUT2D eigenvalue weighted by Crippen LogP contribution is 2.38. The molecule has 1 unspecified atom stereocenters. The van der Waals surface area contributed by atoms with Gasteiger partial charge in [-0.05, 0) is 87.8 Å². The van der Waals surface area contributed by atoms with Crippen molar-refractivity contribution < 1.29 is 23.1 Å². The van der Waals surface area contributed by atoms with Gasteiger partial charge in [-0.2, -0.15) is 5.26 Å². The number of halogens is 2. The number of carbonyl (C=O) groups excluding carboxylic acids is 2. The van der Waals surface area contributed by atoms with E-state index in [1.54, 1.807) is 24.3 Å². The topological polar surface area (TPSA) is 95.3 Å². The molecule has 1 aromatic heterocycles. The molecule has 1 aromatic carbocycles. The van der Waals surface area contributed by atoms with E-state index in [0.29, 0.717) is 31.1 Å². The number of pyridine rings is 1. The lowest BCUT2D eigenvalue weighted by Gasteiger charge is -2.31. The van der Waals surface area contributed by atoms with Gasteiger partial charge in [-0.25, -0.2) is 13.6 Å². The molecule has 0 radical (unpaired) electrons. The van der Waals surface area contributed by atoms with E-state index in [0.717, 1.165) is 82.4 Å². The first-order chi connectivity index (χ1) is 20.6. The van der Waals surface area contributed by atoms with Crippen molar-refractivity contribution in [2.24, 2.45) is 11.8 Å². The maximum absolute atomic E-state index is 13.5. The van der Waals surface area contributed by atoms with E-state index in [-0.39, 0.29) is 23.5 Å². The minimum atomic E-state index is -2.83. The van der Waals surface area contributed by atoms with Crippen molar-refractivity contribution in [3.8, 4) is 6.07 Å². The molecular weight excluding hydrogens is 550 g/mol. The molecule has 2 aliphatic carbocycles. The van der Waals surface area contributed by atoms with Crippen LogP contribution >= 0.6 is 0 Å². The minimum absolute atomic E-state index is 0.0323. The number of aromatic nitrogens is 1. The van der Waals surface area contributed by atoms with Gasteiger partial charge in [-0.3, -0.25) is 9.78 Å². The summed E-state index contributed by atoms with van der Waals surface area (Å²) in [7, 11) is 0. The average Bonchev–Trinajstić information content (AvgIpc) is 3.29. The van der Waals surface area contributed by atoms with Crippen molar-refractivity contribution in [2.45, 2.75) is 89.2 Å². The van der Waals surface area contributed by atoms with Crippen LogP contribution in [0.25, 0.3) is 0 Å². The van der Waals surface area contributed by atoms with Crippen molar-refractivity contribution in [1.82, 2.24) is 15.2 Å². The highest BCUT2D eigenvalue weighted by molar-refractivity contribution is 5.78. The van der Waals surface area contributed by atoms with Crippen molar-refractivity contribution in [3.05, 3.63) is 76.6 Å². The molecule has 0 bridgehead atoms. The van der Waals surface area contributed by atoms with Crippen LogP contribution in [0, 0.1) is 23.2 Å². The van der Waals surface area contributed by atoms with Crippen molar-refractivity contribution >= 4 is 12.0 Å². The molecule has 1 spiro atoms. The van der Waals surface area contributed by atoms with E-state index in [1.807, 2.05) is 11.0 Å². The first-order valence-electron chi connectivity index (χ1n) is 15.4. The van der Waals surface area contributed by atoms with Crippen LogP contribution in [0.1, 0.15) is 87.1 Å². The lowest BCUT2D eigenvalue weighted by atomic mass is 9.81. The van der Waals surface area contributed by atoms with Crippen molar-refractivity contribution in [1.29, 1.82) is 5.26 Å². The van der Waals surface area contributed by atoms with Gasteiger partial charge >= 0.3 is 6.09 Å². The lowest BCUT2D eigenvalue weighted by Crippen LogP contribution is -2.38. The van der Waals surface area contributed by atoms with Crippen LogP contribution in [-0.2, 0) is 28.4 Å². The van der Waals surface area contributed by atoms with Crippen LogP contribution in [0.4, 0.5) is 13.6 Å². The SMILES string of the molecule is CC(F)(F)c1ccc(CC2=CCCC3(CCC2)CN(CC2CCC(C(=O)NCc4ccc(C#N)cn4)CC2)C(=O)O3)cc1. The molecule has 5 rings (SSSR count). The highest BCUT2D eigenvalue weighted by atomic mass is 19.3. The second kappa shape index (κ2) is 13.2. The Hall–Kier alpha value is -3.80. The number of rotatable bonds is 8. The summed E-state index contributed by atoms with van der Waals surface area (Å²) in [6.07, 6.45) is 11.9. The van der Waals surface area contributed by atoms with Crippen LogP contribution in [0.2, 0.25) is 0 Å². The van der Waals surface area contributed by atoms with Crippen molar-refractivity contribution in [3.63, 3.8) is 0 Å². The fraction of sp³-hybridized carbons (Fsp3) is 0.529. The Balaban J connectivity index is 1.06. The van der Waals surface area contributed by atoms with Crippen LogP contribution in [0.15, 0.2) is 54.2 Å². The number of carbonyl (C=O) groups is 2. The Morgan fingerprint density at radius 3 is 2.60 bits per heavy atom. The molecule has 2 aromatic rings. The summed E-state index contributed by atoms with van der Waals surface area (Å²) >= 11 is 0. The maximum atomic E-state index is 13.5. The Morgan fingerprint density at radius 1 is 1.16 bits per heavy atom. The van der Waals surface area contributed by atoms with E-state index < -0.39 is 11.5 Å². The minimum Gasteiger partial charge on any atom is -0.441 e. The molecule has 1 saturated heterocycles. The first kappa shape index (κ1) is 30.7. The summed E-state index contributed by atoms with van der Waals surface area (Å²) < 4.78 is 33.1. The van der Waals surface area contributed by atoms with E-state index in [2.05, 4.69) is 16.4 Å². The van der Waals surface area contributed by atoms with Crippen LogP contribution < -0.4 is 5.32 Å². The first-order valence-corrected chi connectivity index (χ1v) is 15.4. The van der Waals surface area contributed by atoms with Crippen LogP contribution in [-0.4, -0.2) is 40.6 Å². The molecule has 3 aliphatic rings. The number of hydrogen-bond acceptors (Lipinski definition) is 5. The molecule has 1 saturated carbocycles. The molecule has 2 fully saturated rings. The van der Waals surface area contributed by atoms with Gasteiger partial charge in [0.2, 0.25) is 5.91 Å². The number of alkyl halides is 2. The normalized spacial score (nSPS) is 24.5. The van der Waals surface area contributed by atoms with Gasteiger partial charge in [-0.15, -0.1) is 0 Å². The number of ether oxygens (including phenoxy) is 1. The molecular formula is C34H40F2N4O3. The molecule has 9 heteroatoms. The van der Waals surface area contributed by atoms with E-state index in [1.165, 1.54) is 23.9 Å². The summed E-state index contributed by atoms with van der Waals surface area (Å²) in [5, 5.41) is 11.9. The zero-order valence-electron chi connectivity index (χ0n) is 24.8. The molecule has 1 N–H and O–H groups in total. The van der Waals surface area contributed by atoms with Gasteiger partial charge in [0, 0.05) is 31.1 Å². The molecule has 43 heavy (non-hydrogen) atoms. The smallest absolute Gasteiger partial charge is 0.410 e. The van der Waals surface area contributed by atoms with Crippen LogP contribution in [0.5, 0.6) is 0 Å². The number of benzene rings is 1. The van der Waals surface area contributed by atoms with Gasteiger partial charge in [0.25, 0.3) is 5.92 Å². The fourth-order valence-corrected chi connectivity index (χ4v) is 6.67. The third-order valence-corrected chi connectivity index (χ3v) is 9.19. The Morgan fingerprint density at radius 2 is 1.93 bits per heavy atom. The Kier molecular flexibility index (Phi) is 9.43. The van der Waals surface area contributed by atoms with E-state index in [4.69, 9.17) is 10.00 Å². The molecule has 2 heterocycles. The standard InChI is InChI=1S/C34H40F2N4O3/c1-33(35,36)29-13-8-25(9-14-29)18-24-4-2-16-34(17-3-5-24)23-40(32(42)43-34)22-26-6-11-28(12-7-26)31(41)39-21-30-15-10-27(19-37)20-38-30/h4,8-10,13-15,20,26,28H,2-3,5-7,11-12,16-18,21-23H2,1H3,(H,39,41). The summed E-state index contributed by atoms with van der Waals surface area (Å²) in [6, 6.07) is 12.1. The summed E-state index contributed by atoms with van der Waals surface area (Å²) in [6.45, 7) is 2.53. The number of nitrogens with one attached hydrogen (secondary N) is 1. The summed E-state index contributed by atoms with van der Waals surface area (Å²) in [5.74, 6) is -2.48. The third kappa shape index (κ3) is 7.98. The zero-order chi connectivity index (χ0) is 30.5. The second-order valence-electron chi connectivity index (χ2n) is 12.5. The molecule has 2 amide bonds. The number of allylic oxidation sites excluding steroid dienone is 2. The fourth-order valence-electron chi connectivity index (χ4n) is 6.67. The third-order valence-electron chi connectivity index (χ3n) is 9.19. The monoisotopic (exact) mass is 590 g/mol. The average molecular weight is 591 g/mol. The van der Waals surface area contributed by atoms with Gasteiger partial charge < -0.3 is 15.0 Å².